The van der Waals surface area contributed by atoms with Crippen molar-refractivity contribution in [2.75, 3.05) is 26.3 Å². The summed E-state index contributed by atoms with van der Waals surface area (Å²) in [5.41, 5.74) is 0. The van der Waals surface area contributed by atoms with E-state index in [1.165, 1.54) is 0 Å². The molecule has 1 aliphatic rings. The van der Waals surface area contributed by atoms with Gasteiger partial charge in [0.25, 0.3) is 0 Å². The van der Waals surface area contributed by atoms with Crippen LogP contribution in [0, 0.1) is 5.92 Å². The molecule has 1 fully saturated rings. The lowest BCUT2D eigenvalue weighted by Crippen LogP contribution is -2.50. The molecule has 6 heteroatoms. The molecular formula is C20H37NO5. The zero-order valence-electron chi connectivity index (χ0n) is 17.2. The van der Waals surface area contributed by atoms with Crippen LogP contribution < -0.4 is 0 Å². The average Bonchev–Trinajstić information content (AvgIpc) is 2.57. The predicted octanol–water partition coefficient (Wildman–Crippen LogP) is 3.18. The number of hydrogen-bond donors (Lipinski definition) is 0. The van der Waals surface area contributed by atoms with E-state index in [9.17, 15) is 9.59 Å². The minimum Gasteiger partial charge on any atom is -0.465 e. The summed E-state index contributed by atoms with van der Waals surface area (Å²) in [5.74, 6) is -1.74. The van der Waals surface area contributed by atoms with Crippen LogP contribution in [0.3, 0.4) is 0 Å². The molecule has 1 heterocycles. The third-order valence-electron chi connectivity index (χ3n) is 4.76. The molecule has 0 aliphatic carbocycles. The third-order valence-corrected chi connectivity index (χ3v) is 4.76. The Morgan fingerprint density at radius 3 is 1.96 bits per heavy atom. The first kappa shape index (κ1) is 22.9. The summed E-state index contributed by atoms with van der Waals surface area (Å²) in [6.07, 6.45) is 4.95. The predicted molar refractivity (Wildman–Crippen MR) is 101 cm³/mol. The zero-order valence-corrected chi connectivity index (χ0v) is 17.2. The summed E-state index contributed by atoms with van der Waals surface area (Å²) < 4.78 is 15.9. The molecule has 1 aliphatic heterocycles. The van der Waals surface area contributed by atoms with Gasteiger partial charge in [-0.15, -0.1) is 0 Å². The highest BCUT2D eigenvalue weighted by atomic mass is 16.6. The quantitative estimate of drug-likeness (QED) is 0.410. The second kappa shape index (κ2) is 12.3. The number of ether oxygens (including phenoxy) is 3. The summed E-state index contributed by atoms with van der Waals surface area (Å²) in [5, 5.41) is 0. The van der Waals surface area contributed by atoms with Crippen molar-refractivity contribution in [3.8, 4) is 0 Å². The molecule has 1 saturated heterocycles. The van der Waals surface area contributed by atoms with E-state index in [4.69, 9.17) is 14.2 Å². The first-order valence-corrected chi connectivity index (χ1v) is 10.2. The average molecular weight is 372 g/mol. The molecule has 0 saturated carbocycles. The third kappa shape index (κ3) is 7.62. The molecule has 0 aromatic carbocycles. The first-order valence-electron chi connectivity index (χ1n) is 10.2. The normalized spacial score (nSPS) is 22.2. The zero-order chi connectivity index (χ0) is 19.5. The van der Waals surface area contributed by atoms with Gasteiger partial charge in [0.2, 0.25) is 0 Å². The van der Waals surface area contributed by atoms with Crippen LogP contribution in [-0.2, 0) is 23.8 Å². The largest absolute Gasteiger partial charge is 0.465 e. The topological polar surface area (TPSA) is 65.1 Å². The van der Waals surface area contributed by atoms with E-state index < -0.39 is 17.9 Å². The Labute approximate surface area is 158 Å². The molecule has 152 valence electrons. The van der Waals surface area contributed by atoms with Crippen molar-refractivity contribution in [1.29, 1.82) is 0 Å². The Bertz CT molecular complexity index is 400. The van der Waals surface area contributed by atoms with Crippen LogP contribution in [0.25, 0.3) is 0 Å². The van der Waals surface area contributed by atoms with Crippen molar-refractivity contribution in [2.45, 2.75) is 85.0 Å². The molecule has 3 atom stereocenters. The molecule has 0 amide bonds. The molecule has 0 spiro atoms. The lowest BCUT2D eigenvalue weighted by molar-refractivity contribution is -0.162. The molecule has 0 bridgehead atoms. The van der Waals surface area contributed by atoms with Crippen molar-refractivity contribution in [3.63, 3.8) is 0 Å². The summed E-state index contributed by atoms with van der Waals surface area (Å²) in [6, 6.07) is 0.457. The fourth-order valence-electron chi connectivity index (χ4n) is 3.73. The van der Waals surface area contributed by atoms with Crippen LogP contribution in [0.5, 0.6) is 0 Å². The van der Waals surface area contributed by atoms with E-state index in [2.05, 4.69) is 25.7 Å². The number of nitrogens with zero attached hydrogens (tertiary/aromatic N) is 1. The van der Waals surface area contributed by atoms with Gasteiger partial charge in [-0.2, -0.15) is 0 Å². The number of rotatable bonds is 11. The van der Waals surface area contributed by atoms with Gasteiger partial charge in [0.05, 0.1) is 25.4 Å². The van der Waals surface area contributed by atoms with Gasteiger partial charge in [0.15, 0.2) is 5.92 Å². The van der Waals surface area contributed by atoms with Crippen LogP contribution in [0.15, 0.2) is 0 Å². The first-order chi connectivity index (χ1) is 12.4. The Morgan fingerprint density at radius 2 is 1.50 bits per heavy atom. The van der Waals surface area contributed by atoms with Crippen LogP contribution in [0.2, 0.25) is 0 Å². The molecule has 26 heavy (non-hydrogen) atoms. The van der Waals surface area contributed by atoms with Gasteiger partial charge in [-0.1, -0.05) is 19.8 Å². The van der Waals surface area contributed by atoms with Crippen LogP contribution >= 0.6 is 0 Å². The van der Waals surface area contributed by atoms with E-state index in [0.717, 1.165) is 38.8 Å². The van der Waals surface area contributed by atoms with Crippen molar-refractivity contribution in [1.82, 2.24) is 4.90 Å². The lowest BCUT2D eigenvalue weighted by Gasteiger charge is -2.40. The molecule has 0 aromatic rings. The Hall–Kier alpha value is -1.14. The maximum absolute atomic E-state index is 12.1. The highest BCUT2D eigenvalue weighted by Gasteiger charge is 2.31. The Kier molecular flexibility index (Phi) is 10.8. The number of morpholine rings is 1. The van der Waals surface area contributed by atoms with E-state index in [1.807, 2.05) is 0 Å². The van der Waals surface area contributed by atoms with Gasteiger partial charge in [0, 0.05) is 19.1 Å². The van der Waals surface area contributed by atoms with Crippen LogP contribution in [-0.4, -0.2) is 61.4 Å². The van der Waals surface area contributed by atoms with Crippen LogP contribution in [0.4, 0.5) is 0 Å². The number of carbonyl (C=O) groups is 2. The maximum atomic E-state index is 12.1. The number of carbonyl (C=O) groups excluding carboxylic acids is 2. The lowest BCUT2D eigenvalue weighted by atomic mass is 9.96. The minimum absolute atomic E-state index is 0.241. The smallest absolute Gasteiger partial charge is 0.320 e. The Balaban J connectivity index is 2.62. The van der Waals surface area contributed by atoms with Gasteiger partial charge in [-0.3, -0.25) is 14.5 Å². The molecule has 1 rings (SSSR count). The van der Waals surface area contributed by atoms with Crippen molar-refractivity contribution < 1.29 is 23.8 Å². The van der Waals surface area contributed by atoms with Crippen molar-refractivity contribution in [2.24, 2.45) is 5.92 Å². The fraction of sp³-hybridized carbons (Fsp3) is 0.900. The van der Waals surface area contributed by atoms with Crippen LogP contribution in [0.1, 0.15) is 66.7 Å². The minimum atomic E-state index is -0.806. The SMILES string of the molecule is CCCC(CCCC(C(=O)OCC)C(=O)OCC)N1C[C@@H](C)O[C@@H](C)C1. The molecular weight excluding hydrogens is 334 g/mol. The molecule has 0 aromatic heterocycles. The number of esters is 2. The van der Waals surface area contributed by atoms with E-state index in [0.29, 0.717) is 12.5 Å². The van der Waals surface area contributed by atoms with Gasteiger partial charge in [0.1, 0.15) is 0 Å². The monoisotopic (exact) mass is 371 g/mol. The molecule has 0 radical (unpaired) electrons. The Morgan fingerprint density at radius 1 is 0.962 bits per heavy atom. The summed E-state index contributed by atoms with van der Waals surface area (Å²) in [6.45, 7) is 12.3. The molecule has 1 unspecified atom stereocenters. The fourth-order valence-corrected chi connectivity index (χ4v) is 3.73. The molecule has 6 nitrogen and oxygen atoms in total. The maximum Gasteiger partial charge on any atom is 0.320 e. The number of hydrogen-bond acceptors (Lipinski definition) is 6. The van der Waals surface area contributed by atoms with Crippen molar-refractivity contribution >= 4 is 11.9 Å². The van der Waals surface area contributed by atoms with Gasteiger partial charge >= 0.3 is 11.9 Å². The van der Waals surface area contributed by atoms with Gasteiger partial charge in [-0.05, 0) is 47.0 Å². The standard InChI is InChI=1S/C20H37NO5/c1-6-10-17(21-13-15(4)26-16(5)14-21)11-9-12-18(19(22)24-7-2)20(23)25-8-3/h15-18H,6-14H2,1-5H3/t15-,16+,17?. The van der Waals surface area contributed by atoms with E-state index in [1.54, 1.807) is 13.8 Å². The highest BCUT2D eigenvalue weighted by molar-refractivity contribution is 5.94. The second-order valence-electron chi connectivity index (χ2n) is 7.14. The summed E-state index contributed by atoms with van der Waals surface area (Å²) in [7, 11) is 0. The summed E-state index contributed by atoms with van der Waals surface area (Å²) >= 11 is 0. The van der Waals surface area contributed by atoms with E-state index in [-0.39, 0.29) is 25.4 Å². The molecule has 0 N–H and O–H groups in total. The summed E-state index contributed by atoms with van der Waals surface area (Å²) in [4.78, 5) is 26.7. The van der Waals surface area contributed by atoms with Gasteiger partial charge in [-0.25, -0.2) is 0 Å². The van der Waals surface area contributed by atoms with Crippen molar-refractivity contribution in [3.05, 3.63) is 0 Å². The van der Waals surface area contributed by atoms with Gasteiger partial charge < -0.3 is 14.2 Å². The second-order valence-corrected chi connectivity index (χ2v) is 7.14. The highest BCUT2D eigenvalue weighted by Crippen LogP contribution is 2.22. The van der Waals surface area contributed by atoms with E-state index >= 15 is 0 Å².